The quantitative estimate of drug-likeness (QED) is 0.565. The van der Waals surface area contributed by atoms with Gasteiger partial charge in [-0.05, 0) is 53.6 Å². The Labute approximate surface area is 195 Å². The number of carbonyl (C=O) groups is 1. The van der Waals surface area contributed by atoms with Gasteiger partial charge in [0.05, 0.1) is 15.8 Å². The summed E-state index contributed by atoms with van der Waals surface area (Å²) in [6.45, 7) is 7.41. The monoisotopic (exact) mass is 481 g/mol. The molecule has 0 spiro atoms. The number of hydrogen-bond donors (Lipinski definition) is 0. The van der Waals surface area contributed by atoms with E-state index in [4.69, 9.17) is 23.2 Å². The Balaban J connectivity index is 1.88. The first-order chi connectivity index (χ1) is 14.3. The maximum absolute atomic E-state index is 13.2. The van der Waals surface area contributed by atoms with Gasteiger partial charge in [0.15, 0.2) is 0 Å². The molecule has 0 aliphatic carbocycles. The molecule has 0 bridgehead atoms. The van der Waals surface area contributed by atoms with E-state index in [1.165, 1.54) is 11.8 Å². The number of carbonyl (C=O) groups excluding carboxylic acids is 1. The summed E-state index contributed by atoms with van der Waals surface area (Å²) in [5, 5.41) is 0.883. The molecular formula is C24H29Cl2NO3S. The van der Waals surface area contributed by atoms with Crippen molar-refractivity contribution in [3.63, 3.8) is 0 Å². The lowest BCUT2D eigenvalue weighted by Crippen LogP contribution is -2.36. The molecule has 3 rings (SSSR count). The highest BCUT2D eigenvalue weighted by Gasteiger charge is 2.42. The maximum atomic E-state index is 13.2. The van der Waals surface area contributed by atoms with Gasteiger partial charge in [-0.25, -0.2) is 8.42 Å². The Hall–Kier alpha value is -1.56. The largest absolute Gasteiger partial charge is 0.338 e. The van der Waals surface area contributed by atoms with Crippen LogP contribution in [0.3, 0.4) is 0 Å². The van der Waals surface area contributed by atoms with Crippen LogP contribution in [0, 0.1) is 0 Å². The summed E-state index contributed by atoms with van der Waals surface area (Å²) < 4.78 is 23.8. The molecule has 1 aliphatic heterocycles. The van der Waals surface area contributed by atoms with Crippen molar-refractivity contribution in [3.05, 3.63) is 69.2 Å². The number of benzene rings is 2. The van der Waals surface area contributed by atoms with Gasteiger partial charge < -0.3 is 4.90 Å². The Morgan fingerprint density at radius 3 is 2.26 bits per heavy atom. The zero-order chi connectivity index (χ0) is 23.0. The van der Waals surface area contributed by atoms with Crippen molar-refractivity contribution in [3.8, 4) is 0 Å². The van der Waals surface area contributed by atoms with Gasteiger partial charge in [0.25, 0.3) is 5.91 Å². The molecular weight excluding hydrogens is 453 g/mol. The van der Waals surface area contributed by atoms with E-state index in [0.29, 0.717) is 41.5 Å². The average molecular weight is 482 g/mol. The Kier molecular flexibility index (Phi) is 6.81. The summed E-state index contributed by atoms with van der Waals surface area (Å²) in [7, 11) is -3.15. The van der Waals surface area contributed by atoms with Crippen LogP contribution < -0.4 is 0 Å². The molecule has 1 amide bonds. The zero-order valence-electron chi connectivity index (χ0n) is 18.4. The molecule has 168 valence electrons. The summed E-state index contributed by atoms with van der Waals surface area (Å²) in [6, 6.07) is 13.2. The summed E-state index contributed by atoms with van der Waals surface area (Å²) in [6.07, 6.45) is 2.34. The third kappa shape index (κ3) is 5.63. The third-order valence-corrected chi connectivity index (χ3v) is 7.81. The molecule has 1 atom stereocenters. The van der Waals surface area contributed by atoms with Crippen molar-refractivity contribution in [2.45, 2.75) is 44.4 Å². The maximum Gasteiger partial charge on any atom is 0.253 e. The number of halogens is 2. The van der Waals surface area contributed by atoms with Crippen LogP contribution in [-0.2, 0) is 20.7 Å². The van der Waals surface area contributed by atoms with Gasteiger partial charge in [-0.3, -0.25) is 4.79 Å². The van der Waals surface area contributed by atoms with Crippen molar-refractivity contribution in [2.24, 2.45) is 0 Å². The van der Waals surface area contributed by atoms with E-state index in [9.17, 15) is 13.2 Å². The molecule has 1 heterocycles. The fraction of sp³-hybridized carbons (Fsp3) is 0.458. The highest BCUT2D eigenvalue weighted by atomic mass is 35.5. The minimum Gasteiger partial charge on any atom is -0.338 e. The van der Waals surface area contributed by atoms with Crippen molar-refractivity contribution in [2.75, 3.05) is 25.1 Å². The van der Waals surface area contributed by atoms with Gasteiger partial charge in [0, 0.05) is 30.3 Å². The minimum absolute atomic E-state index is 0.0177. The first-order valence-corrected chi connectivity index (χ1v) is 13.2. The number of likely N-dealkylation sites (tertiary alicyclic amines) is 1. The van der Waals surface area contributed by atoms with E-state index >= 15 is 0 Å². The lowest BCUT2D eigenvalue weighted by atomic mass is 9.77. The predicted octanol–water partition coefficient (Wildman–Crippen LogP) is 5.51. The Bertz CT molecular complexity index is 1070. The molecule has 2 aromatic rings. The van der Waals surface area contributed by atoms with Gasteiger partial charge in [-0.1, -0.05) is 62.2 Å². The van der Waals surface area contributed by atoms with Gasteiger partial charge >= 0.3 is 0 Å². The second-order valence-corrected chi connectivity index (χ2v) is 12.7. The molecule has 4 nitrogen and oxygen atoms in total. The summed E-state index contributed by atoms with van der Waals surface area (Å²) in [5.41, 5.74) is 2.27. The molecule has 0 radical (unpaired) electrons. The van der Waals surface area contributed by atoms with Crippen LogP contribution in [0.1, 0.15) is 55.1 Å². The second kappa shape index (κ2) is 8.76. The number of rotatable bonds is 5. The summed E-state index contributed by atoms with van der Waals surface area (Å²) in [5.74, 6) is 0.0111. The highest BCUT2D eigenvalue weighted by Crippen LogP contribution is 2.40. The van der Waals surface area contributed by atoms with Crippen molar-refractivity contribution < 1.29 is 13.2 Å². The molecule has 0 saturated carbocycles. The molecule has 1 saturated heterocycles. The van der Waals surface area contributed by atoms with E-state index in [1.54, 1.807) is 12.1 Å². The Morgan fingerprint density at radius 2 is 1.71 bits per heavy atom. The molecule has 0 N–H and O–H groups in total. The van der Waals surface area contributed by atoms with Gasteiger partial charge in [-0.2, -0.15) is 0 Å². The van der Waals surface area contributed by atoms with E-state index < -0.39 is 15.3 Å². The van der Waals surface area contributed by atoms with Gasteiger partial charge in [0.2, 0.25) is 0 Å². The number of amides is 1. The van der Waals surface area contributed by atoms with Crippen LogP contribution in [-0.4, -0.2) is 44.3 Å². The minimum atomic E-state index is -3.15. The lowest BCUT2D eigenvalue weighted by Gasteiger charge is -2.30. The predicted molar refractivity (Wildman–Crippen MR) is 128 cm³/mol. The SMILES string of the molecule is CC(C)(C)c1ccc(C(=O)N2CCC(CCS(C)(=O)=O)(c3ccc(Cl)c(Cl)c3)C2)cc1. The van der Waals surface area contributed by atoms with Crippen LogP contribution >= 0.6 is 23.2 Å². The lowest BCUT2D eigenvalue weighted by molar-refractivity contribution is 0.0783. The van der Waals surface area contributed by atoms with Crippen LogP contribution in [0.15, 0.2) is 42.5 Å². The van der Waals surface area contributed by atoms with Crippen LogP contribution in [0.25, 0.3) is 0 Å². The van der Waals surface area contributed by atoms with Gasteiger partial charge in [0.1, 0.15) is 9.84 Å². The van der Waals surface area contributed by atoms with Crippen LogP contribution in [0.4, 0.5) is 0 Å². The molecule has 31 heavy (non-hydrogen) atoms. The molecule has 1 unspecified atom stereocenters. The number of hydrogen-bond acceptors (Lipinski definition) is 3. The standard InChI is InChI=1S/C24H29Cl2NO3S/c1-23(2,3)18-7-5-17(6-8-18)22(28)27-13-11-24(16-27,12-14-31(4,29)30)19-9-10-20(25)21(26)15-19/h5-10,15H,11-14,16H2,1-4H3. The summed E-state index contributed by atoms with van der Waals surface area (Å²) in [4.78, 5) is 15.0. The fourth-order valence-corrected chi connectivity index (χ4v) is 5.19. The van der Waals surface area contributed by atoms with E-state index in [2.05, 4.69) is 20.8 Å². The molecule has 1 fully saturated rings. The highest BCUT2D eigenvalue weighted by molar-refractivity contribution is 7.90. The van der Waals surface area contributed by atoms with Crippen molar-refractivity contribution >= 4 is 38.9 Å². The first-order valence-electron chi connectivity index (χ1n) is 10.3. The molecule has 0 aromatic heterocycles. The summed E-state index contributed by atoms with van der Waals surface area (Å²) >= 11 is 12.4. The molecule has 1 aliphatic rings. The van der Waals surface area contributed by atoms with E-state index in [0.717, 1.165) is 5.56 Å². The first kappa shape index (κ1) is 24.1. The second-order valence-electron chi connectivity index (χ2n) is 9.59. The third-order valence-electron chi connectivity index (χ3n) is 6.12. The van der Waals surface area contributed by atoms with Crippen LogP contribution in [0.2, 0.25) is 10.0 Å². The van der Waals surface area contributed by atoms with E-state index in [-0.39, 0.29) is 17.1 Å². The number of nitrogens with zero attached hydrogens (tertiary/aromatic N) is 1. The normalized spacial score (nSPS) is 19.6. The zero-order valence-corrected chi connectivity index (χ0v) is 20.7. The number of sulfone groups is 1. The molecule has 7 heteroatoms. The van der Waals surface area contributed by atoms with Gasteiger partial charge in [-0.15, -0.1) is 0 Å². The van der Waals surface area contributed by atoms with Crippen LogP contribution in [0.5, 0.6) is 0 Å². The van der Waals surface area contributed by atoms with E-state index in [1.807, 2.05) is 35.2 Å². The topological polar surface area (TPSA) is 54.5 Å². The molecule has 2 aromatic carbocycles. The smallest absolute Gasteiger partial charge is 0.253 e. The average Bonchev–Trinajstić information content (AvgIpc) is 3.13. The Morgan fingerprint density at radius 1 is 1.06 bits per heavy atom. The van der Waals surface area contributed by atoms with Crippen molar-refractivity contribution in [1.82, 2.24) is 4.90 Å². The van der Waals surface area contributed by atoms with Crippen molar-refractivity contribution in [1.29, 1.82) is 0 Å². The fourth-order valence-electron chi connectivity index (χ4n) is 4.13.